The largest absolute Gasteiger partial charge is 0.377 e. The van der Waals surface area contributed by atoms with Crippen LogP contribution in [0.5, 0.6) is 0 Å². The fraction of sp³-hybridized carbons (Fsp3) is 0.533. The number of hydrogen-bond acceptors (Lipinski definition) is 4. The molecule has 6 heteroatoms. The van der Waals surface area contributed by atoms with Gasteiger partial charge in [0.1, 0.15) is 6.04 Å². The van der Waals surface area contributed by atoms with Gasteiger partial charge in [-0.3, -0.25) is 4.79 Å². The van der Waals surface area contributed by atoms with E-state index in [1.54, 1.807) is 0 Å². The van der Waals surface area contributed by atoms with Crippen molar-refractivity contribution in [2.45, 2.75) is 42.6 Å². The zero-order valence-electron chi connectivity index (χ0n) is 12.1. The maximum absolute atomic E-state index is 12.0. The highest BCUT2D eigenvalue weighted by atomic mass is 79.9. The molecular formula is C15H19BrN2O2S. The molecule has 2 heterocycles. The number of rotatable bonds is 4. The van der Waals surface area contributed by atoms with E-state index >= 15 is 0 Å². The first-order valence-corrected chi connectivity index (χ1v) is 8.93. The van der Waals surface area contributed by atoms with Crippen molar-refractivity contribution in [3.8, 4) is 0 Å². The van der Waals surface area contributed by atoms with Crippen molar-refractivity contribution in [3.05, 3.63) is 22.2 Å². The maximum atomic E-state index is 12.0. The van der Waals surface area contributed by atoms with E-state index in [1.165, 1.54) is 0 Å². The summed E-state index contributed by atoms with van der Waals surface area (Å²) in [6.07, 6.45) is 1.35. The monoisotopic (exact) mass is 370 g/mol. The third-order valence-corrected chi connectivity index (χ3v) is 6.36. The SMILES string of the molecule is CCNC1C(=O)Nc2cc(SC3CCOC3C)c(Br)cc21. The first-order valence-electron chi connectivity index (χ1n) is 7.26. The lowest BCUT2D eigenvalue weighted by atomic mass is 10.1. The highest BCUT2D eigenvalue weighted by Crippen LogP contribution is 2.42. The molecule has 3 rings (SSSR count). The van der Waals surface area contributed by atoms with E-state index in [0.29, 0.717) is 5.25 Å². The summed E-state index contributed by atoms with van der Waals surface area (Å²) in [5.74, 6) is 0.0264. The van der Waals surface area contributed by atoms with Crippen molar-refractivity contribution in [2.75, 3.05) is 18.5 Å². The molecule has 0 radical (unpaired) electrons. The van der Waals surface area contributed by atoms with Crippen LogP contribution in [0.3, 0.4) is 0 Å². The Kier molecular flexibility index (Phi) is 4.59. The molecule has 2 aliphatic heterocycles. The fourth-order valence-electron chi connectivity index (χ4n) is 2.79. The molecule has 0 aromatic heterocycles. The Balaban J connectivity index is 1.85. The number of carbonyl (C=O) groups excluding carboxylic acids is 1. The van der Waals surface area contributed by atoms with Crippen LogP contribution in [0.2, 0.25) is 0 Å². The second-order valence-corrected chi connectivity index (χ2v) is 7.51. The maximum Gasteiger partial charge on any atom is 0.246 e. The van der Waals surface area contributed by atoms with Crippen molar-refractivity contribution < 1.29 is 9.53 Å². The molecular weight excluding hydrogens is 352 g/mol. The predicted octanol–water partition coefficient (Wildman–Crippen LogP) is 3.32. The highest BCUT2D eigenvalue weighted by Gasteiger charge is 2.32. The van der Waals surface area contributed by atoms with Gasteiger partial charge in [0.25, 0.3) is 0 Å². The van der Waals surface area contributed by atoms with Gasteiger partial charge in [0, 0.05) is 32.5 Å². The number of hydrogen-bond donors (Lipinski definition) is 2. The summed E-state index contributed by atoms with van der Waals surface area (Å²) in [6.45, 7) is 5.73. The minimum atomic E-state index is -0.242. The first-order chi connectivity index (χ1) is 10.1. The topological polar surface area (TPSA) is 50.4 Å². The molecule has 2 aliphatic rings. The number of likely N-dealkylation sites (N-methyl/N-ethyl adjacent to an activating group) is 1. The predicted molar refractivity (Wildman–Crippen MR) is 88.9 cm³/mol. The Labute approximate surface area is 137 Å². The number of anilines is 1. The summed E-state index contributed by atoms with van der Waals surface area (Å²) in [5, 5.41) is 6.66. The third kappa shape index (κ3) is 2.99. The minimum absolute atomic E-state index is 0.0264. The van der Waals surface area contributed by atoms with Gasteiger partial charge < -0.3 is 15.4 Å². The lowest BCUT2D eigenvalue weighted by Crippen LogP contribution is -2.27. The molecule has 0 saturated carbocycles. The number of benzene rings is 1. The van der Waals surface area contributed by atoms with Gasteiger partial charge in [-0.25, -0.2) is 0 Å². The Hall–Kier alpha value is -0.560. The summed E-state index contributed by atoms with van der Waals surface area (Å²) in [5.41, 5.74) is 1.94. The summed E-state index contributed by atoms with van der Waals surface area (Å²) in [4.78, 5) is 13.2. The van der Waals surface area contributed by atoms with E-state index in [0.717, 1.165) is 40.2 Å². The van der Waals surface area contributed by atoms with Crippen LogP contribution in [0.15, 0.2) is 21.5 Å². The van der Waals surface area contributed by atoms with Gasteiger partial charge in [-0.05, 0) is 48.0 Å². The second-order valence-electron chi connectivity index (χ2n) is 5.37. The average Bonchev–Trinajstić information content (AvgIpc) is 2.97. The summed E-state index contributed by atoms with van der Waals surface area (Å²) < 4.78 is 6.67. The van der Waals surface area contributed by atoms with Crippen LogP contribution in [-0.2, 0) is 9.53 Å². The summed E-state index contributed by atoms with van der Waals surface area (Å²) >= 11 is 5.47. The zero-order chi connectivity index (χ0) is 15.0. The van der Waals surface area contributed by atoms with Gasteiger partial charge in [-0.2, -0.15) is 0 Å². The molecule has 0 bridgehead atoms. The summed E-state index contributed by atoms with van der Waals surface area (Å²) in [6, 6.07) is 3.89. The third-order valence-electron chi connectivity index (χ3n) is 3.93. The van der Waals surface area contributed by atoms with E-state index in [-0.39, 0.29) is 18.1 Å². The Bertz CT molecular complexity index is 567. The fourth-order valence-corrected chi connectivity index (χ4v) is 4.60. The van der Waals surface area contributed by atoms with Crippen LogP contribution in [0.1, 0.15) is 31.9 Å². The quantitative estimate of drug-likeness (QED) is 0.853. The lowest BCUT2D eigenvalue weighted by molar-refractivity contribution is -0.117. The van der Waals surface area contributed by atoms with E-state index in [1.807, 2.05) is 18.7 Å². The molecule has 114 valence electrons. The minimum Gasteiger partial charge on any atom is -0.377 e. The number of thioether (sulfide) groups is 1. The lowest BCUT2D eigenvalue weighted by Gasteiger charge is -2.16. The number of carbonyl (C=O) groups is 1. The second kappa shape index (κ2) is 6.28. The molecule has 0 spiro atoms. The van der Waals surface area contributed by atoms with Crippen molar-refractivity contribution in [1.29, 1.82) is 0 Å². The number of fused-ring (bicyclic) bond motifs is 1. The van der Waals surface area contributed by atoms with E-state index in [9.17, 15) is 4.79 Å². The zero-order valence-corrected chi connectivity index (χ0v) is 14.5. The van der Waals surface area contributed by atoms with Crippen molar-refractivity contribution >= 4 is 39.3 Å². The molecule has 0 aliphatic carbocycles. The van der Waals surface area contributed by atoms with Crippen molar-refractivity contribution in [2.24, 2.45) is 0 Å². The molecule has 1 aromatic rings. The molecule has 3 unspecified atom stereocenters. The number of ether oxygens (including phenoxy) is 1. The van der Waals surface area contributed by atoms with Crippen LogP contribution in [-0.4, -0.2) is 30.4 Å². The standard InChI is InChI=1S/C15H19BrN2O2S/c1-3-17-14-9-6-10(16)13(7-11(9)18-15(14)19)21-12-4-5-20-8(12)2/h6-8,12,14,17H,3-5H2,1-2H3,(H,18,19). The molecule has 1 aromatic carbocycles. The molecule has 1 saturated heterocycles. The Morgan fingerprint density at radius 2 is 2.33 bits per heavy atom. The van der Waals surface area contributed by atoms with Gasteiger partial charge in [-0.1, -0.05) is 6.92 Å². The van der Waals surface area contributed by atoms with Crippen LogP contribution < -0.4 is 10.6 Å². The first kappa shape index (κ1) is 15.3. The van der Waals surface area contributed by atoms with Gasteiger partial charge in [0.15, 0.2) is 0 Å². The van der Waals surface area contributed by atoms with E-state index in [4.69, 9.17) is 4.74 Å². The van der Waals surface area contributed by atoms with Crippen molar-refractivity contribution in [3.63, 3.8) is 0 Å². The van der Waals surface area contributed by atoms with Crippen LogP contribution in [0.25, 0.3) is 0 Å². The van der Waals surface area contributed by atoms with E-state index in [2.05, 4.69) is 45.6 Å². The van der Waals surface area contributed by atoms with Gasteiger partial charge in [0.2, 0.25) is 5.91 Å². The molecule has 1 fully saturated rings. The van der Waals surface area contributed by atoms with Gasteiger partial charge in [0.05, 0.1) is 6.10 Å². The van der Waals surface area contributed by atoms with Gasteiger partial charge >= 0.3 is 0 Å². The molecule has 21 heavy (non-hydrogen) atoms. The normalized spacial score (nSPS) is 27.8. The van der Waals surface area contributed by atoms with Gasteiger partial charge in [-0.15, -0.1) is 11.8 Å². The van der Waals surface area contributed by atoms with Crippen LogP contribution in [0.4, 0.5) is 5.69 Å². The summed E-state index contributed by atoms with van der Waals surface area (Å²) in [7, 11) is 0. The van der Waals surface area contributed by atoms with Crippen LogP contribution >= 0.6 is 27.7 Å². The molecule has 1 amide bonds. The smallest absolute Gasteiger partial charge is 0.246 e. The Morgan fingerprint density at radius 3 is 3.00 bits per heavy atom. The highest BCUT2D eigenvalue weighted by molar-refractivity contribution is 9.10. The molecule has 4 nitrogen and oxygen atoms in total. The van der Waals surface area contributed by atoms with Crippen molar-refractivity contribution in [1.82, 2.24) is 5.32 Å². The number of halogens is 1. The van der Waals surface area contributed by atoms with Crippen LogP contribution in [0, 0.1) is 0 Å². The number of amides is 1. The average molecular weight is 371 g/mol. The molecule has 2 N–H and O–H groups in total. The number of nitrogens with one attached hydrogen (secondary N) is 2. The van der Waals surface area contributed by atoms with E-state index < -0.39 is 0 Å². The molecule has 3 atom stereocenters. The Morgan fingerprint density at radius 1 is 1.52 bits per heavy atom.